The second-order valence-electron chi connectivity index (χ2n) is 6.67. The number of fused-ring (bicyclic) bond motifs is 1. The first-order valence-corrected chi connectivity index (χ1v) is 8.47. The summed E-state index contributed by atoms with van der Waals surface area (Å²) < 4.78 is 5.67. The van der Waals surface area contributed by atoms with Gasteiger partial charge in [0.15, 0.2) is 0 Å². The topological polar surface area (TPSA) is 70.1 Å². The average molecular weight is 332 g/mol. The van der Waals surface area contributed by atoms with Crippen molar-refractivity contribution >= 4 is 11.9 Å². The fourth-order valence-corrected chi connectivity index (χ4v) is 3.33. The molecule has 2 aliphatic rings. The summed E-state index contributed by atoms with van der Waals surface area (Å²) in [4.78, 5) is 27.5. The third-order valence-electron chi connectivity index (χ3n) is 4.70. The van der Waals surface area contributed by atoms with Gasteiger partial charge in [-0.2, -0.15) is 0 Å². The molecule has 2 aliphatic heterocycles. The van der Waals surface area contributed by atoms with Crippen molar-refractivity contribution in [1.82, 2.24) is 9.80 Å². The molecule has 1 N–H and O–H groups in total. The summed E-state index contributed by atoms with van der Waals surface area (Å²) >= 11 is 0. The predicted octanol–water partition coefficient (Wildman–Crippen LogP) is 1.86. The maximum Gasteiger partial charge on any atom is 0.327 e. The van der Waals surface area contributed by atoms with E-state index in [1.165, 1.54) is 4.90 Å². The quantitative estimate of drug-likeness (QED) is 0.836. The van der Waals surface area contributed by atoms with Crippen LogP contribution in [-0.4, -0.2) is 58.7 Å². The van der Waals surface area contributed by atoms with E-state index in [2.05, 4.69) is 0 Å². The summed E-state index contributed by atoms with van der Waals surface area (Å²) in [6, 6.07) is 5.25. The Bertz CT molecular complexity index is 622. The molecule has 3 rings (SSSR count). The lowest BCUT2D eigenvalue weighted by Gasteiger charge is -2.26. The van der Waals surface area contributed by atoms with Gasteiger partial charge in [-0.05, 0) is 50.3 Å². The molecule has 6 heteroatoms. The number of hydrogen-bond acceptors (Lipinski definition) is 4. The molecule has 0 radical (unpaired) electrons. The highest BCUT2D eigenvalue weighted by molar-refractivity contribution is 6.04. The minimum absolute atomic E-state index is 0.0183. The van der Waals surface area contributed by atoms with E-state index in [1.54, 1.807) is 4.90 Å². The number of rotatable bonds is 5. The van der Waals surface area contributed by atoms with Gasteiger partial charge in [-0.3, -0.25) is 9.69 Å². The van der Waals surface area contributed by atoms with Crippen molar-refractivity contribution in [2.75, 3.05) is 19.7 Å². The van der Waals surface area contributed by atoms with Gasteiger partial charge in [-0.25, -0.2) is 4.79 Å². The first-order valence-electron chi connectivity index (χ1n) is 8.47. The van der Waals surface area contributed by atoms with Gasteiger partial charge in [0, 0.05) is 6.54 Å². The average Bonchev–Trinajstić information content (AvgIpc) is 2.81. The van der Waals surface area contributed by atoms with Crippen molar-refractivity contribution in [3.8, 4) is 5.75 Å². The minimum atomic E-state index is -0.904. The Morgan fingerprint density at radius 3 is 2.83 bits per heavy atom. The van der Waals surface area contributed by atoms with Gasteiger partial charge in [0.25, 0.3) is 5.91 Å². The highest BCUT2D eigenvalue weighted by atomic mass is 16.5. The number of ether oxygens (including phenoxy) is 1. The SMILES string of the molecule is Cc1ccc(C)c(OC[C@@H](O)CN2C(=O)[C@@H]3CCCCN3C2=O)c1. The van der Waals surface area contributed by atoms with E-state index >= 15 is 0 Å². The molecule has 24 heavy (non-hydrogen) atoms. The Morgan fingerprint density at radius 1 is 1.29 bits per heavy atom. The van der Waals surface area contributed by atoms with Crippen LogP contribution < -0.4 is 4.74 Å². The van der Waals surface area contributed by atoms with Gasteiger partial charge < -0.3 is 14.7 Å². The van der Waals surface area contributed by atoms with E-state index in [0.29, 0.717) is 12.3 Å². The number of benzene rings is 1. The van der Waals surface area contributed by atoms with Crippen molar-refractivity contribution in [3.05, 3.63) is 29.3 Å². The number of nitrogens with zero attached hydrogens (tertiary/aromatic N) is 2. The Morgan fingerprint density at radius 2 is 2.08 bits per heavy atom. The summed E-state index contributed by atoms with van der Waals surface area (Å²) in [5.74, 6) is 0.524. The molecule has 2 saturated heterocycles. The van der Waals surface area contributed by atoms with Crippen LogP contribution in [0.25, 0.3) is 0 Å². The standard InChI is InChI=1S/C18H24N2O4/c1-12-6-7-13(2)16(9-12)24-11-14(21)10-20-17(22)15-5-3-4-8-19(15)18(20)23/h6-7,9,14-15,21H,3-5,8,10-11H2,1-2H3/t14-,15-/m0/s1. The second kappa shape index (κ2) is 6.81. The third-order valence-corrected chi connectivity index (χ3v) is 4.70. The zero-order valence-corrected chi connectivity index (χ0v) is 14.2. The fourth-order valence-electron chi connectivity index (χ4n) is 3.33. The summed E-state index contributed by atoms with van der Waals surface area (Å²) in [6.07, 6.45) is 1.71. The molecule has 6 nitrogen and oxygen atoms in total. The number of hydrogen-bond donors (Lipinski definition) is 1. The van der Waals surface area contributed by atoms with E-state index in [0.717, 1.165) is 30.4 Å². The monoisotopic (exact) mass is 332 g/mol. The van der Waals surface area contributed by atoms with E-state index in [-0.39, 0.29) is 31.1 Å². The van der Waals surface area contributed by atoms with Crippen molar-refractivity contribution in [1.29, 1.82) is 0 Å². The molecule has 130 valence electrons. The Labute approximate surface area is 142 Å². The number of urea groups is 1. The maximum atomic E-state index is 12.4. The second-order valence-corrected chi connectivity index (χ2v) is 6.67. The minimum Gasteiger partial charge on any atom is -0.491 e. The van der Waals surface area contributed by atoms with Gasteiger partial charge >= 0.3 is 6.03 Å². The Kier molecular flexibility index (Phi) is 4.76. The van der Waals surface area contributed by atoms with Gasteiger partial charge in [-0.1, -0.05) is 12.1 Å². The van der Waals surface area contributed by atoms with Crippen LogP contribution in [0.1, 0.15) is 30.4 Å². The van der Waals surface area contributed by atoms with Gasteiger partial charge in [-0.15, -0.1) is 0 Å². The lowest BCUT2D eigenvalue weighted by molar-refractivity contribution is -0.129. The molecule has 0 aromatic heterocycles. The molecule has 0 unspecified atom stereocenters. The molecule has 1 aromatic carbocycles. The highest BCUT2D eigenvalue weighted by Gasteiger charge is 2.46. The van der Waals surface area contributed by atoms with Crippen molar-refractivity contribution in [2.45, 2.75) is 45.3 Å². The molecule has 0 saturated carbocycles. The number of imide groups is 1. The number of aliphatic hydroxyl groups is 1. The molecular formula is C18H24N2O4. The first-order chi connectivity index (χ1) is 11.5. The number of aliphatic hydroxyl groups excluding tert-OH is 1. The molecule has 1 aromatic rings. The fraction of sp³-hybridized carbons (Fsp3) is 0.556. The third kappa shape index (κ3) is 3.24. The highest BCUT2D eigenvalue weighted by Crippen LogP contribution is 2.26. The number of amides is 3. The van der Waals surface area contributed by atoms with Gasteiger partial charge in [0.2, 0.25) is 0 Å². The summed E-state index contributed by atoms with van der Waals surface area (Å²) in [7, 11) is 0. The summed E-state index contributed by atoms with van der Waals surface area (Å²) in [5, 5.41) is 10.2. The predicted molar refractivity (Wildman–Crippen MR) is 88.9 cm³/mol. The molecule has 0 aliphatic carbocycles. The number of carbonyl (C=O) groups excluding carboxylic acids is 2. The zero-order valence-electron chi connectivity index (χ0n) is 14.2. The van der Waals surface area contributed by atoms with Crippen LogP contribution in [0, 0.1) is 13.8 Å². The van der Waals surface area contributed by atoms with Crippen LogP contribution >= 0.6 is 0 Å². The van der Waals surface area contributed by atoms with Crippen LogP contribution in [0.4, 0.5) is 4.79 Å². The summed E-state index contributed by atoms with van der Waals surface area (Å²) in [5.41, 5.74) is 2.06. The van der Waals surface area contributed by atoms with E-state index < -0.39 is 6.10 Å². The number of aryl methyl sites for hydroxylation is 2. The largest absolute Gasteiger partial charge is 0.491 e. The smallest absolute Gasteiger partial charge is 0.327 e. The molecular weight excluding hydrogens is 308 g/mol. The van der Waals surface area contributed by atoms with Crippen LogP contribution in [0.2, 0.25) is 0 Å². The van der Waals surface area contributed by atoms with E-state index in [9.17, 15) is 14.7 Å². The van der Waals surface area contributed by atoms with Crippen molar-refractivity contribution in [2.24, 2.45) is 0 Å². The molecule has 2 heterocycles. The number of piperidine rings is 1. The maximum absolute atomic E-state index is 12.4. The molecule has 0 spiro atoms. The van der Waals surface area contributed by atoms with Crippen molar-refractivity contribution in [3.63, 3.8) is 0 Å². The summed E-state index contributed by atoms with van der Waals surface area (Å²) in [6.45, 7) is 4.56. The van der Waals surface area contributed by atoms with E-state index in [1.807, 2.05) is 32.0 Å². The first kappa shape index (κ1) is 16.8. The number of β-amino-alcohol motifs (C(OH)–C–C–N with tert-alkyl or cyclic N) is 1. The van der Waals surface area contributed by atoms with Crippen molar-refractivity contribution < 1.29 is 19.4 Å². The lowest BCUT2D eigenvalue weighted by Crippen LogP contribution is -2.40. The van der Waals surface area contributed by atoms with Crippen LogP contribution in [-0.2, 0) is 4.79 Å². The van der Waals surface area contributed by atoms with E-state index in [4.69, 9.17) is 4.74 Å². The van der Waals surface area contributed by atoms with Gasteiger partial charge in [0.05, 0.1) is 6.54 Å². The van der Waals surface area contributed by atoms with Crippen LogP contribution in [0.5, 0.6) is 5.75 Å². The normalized spacial score (nSPS) is 21.9. The molecule has 0 bridgehead atoms. The lowest BCUT2D eigenvalue weighted by atomic mass is 10.0. The Hall–Kier alpha value is -2.08. The number of carbonyl (C=O) groups is 2. The molecule has 2 atom stereocenters. The molecule has 2 fully saturated rings. The Balaban J connectivity index is 1.58. The van der Waals surface area contributed by atoms with Gasteiger partial charge in [0.1, 0.15) is 24.5 Å². The van der Waals surface area contributed by atoms with Crippen LogP contribution in [0.3, 0.4) is 0 Å². The zero-order chi connectivity index (χ0) is 17.3. The van der Waals surface area contributed by atoms with Crippen LogP contribution in [0.15, 0.2) is 18.2 Å². The molecule has 3 amide bonds.